The summed E-state index contributed by atoms with van der Waals surface area (Å²) in [4.78, 5) is 52.5. The van der Waals surface area contributed by atoms with E-state index in [1.54, 1.807) is 24.3 Å². The highest BCUT2D eigenvalue weighted by molar-refractivity contribution is 5.89. The molecule has 0 saturated heterocycles. The Hall–Kier alpha value is -3.83. The highest BCUT2D eigenvalue weighted by Gasteiger charge is 2.12. The summed E-state index contributed by atoms with van der Waals surface area (Å²) in [5, 5.41) is 0. The summed E-state index contributed by atoms with van der Waals surface area (Å²) in [6.45, 7) is -1.46. The maximum Gasteiger partial charge on any atom is 0.512 e. The van der Waals surface area contributed by atoms with Crippen molar-refractivity contribution in [2.75, 3.05) is 27.8 Å². The monoisotopic (exact) mass is 422 g/mol. The maximum atomic E-state index is 11.7. The standard InChI is InChI=1S/C19H18O11/c1-23-15-7-3-13(4-8-15)17(20)29-27-11-25-19(22)26-12-28-30-18(21)14-5-9-16(24-2)10-6-14/h3-10H,11-12H2,1-2H3. The predicted molar refractivity (Wildman–Crippen MR) is 96.3 cm³/mol. The van der Waals surface area contributed by atoms with Crippen LogP contribution in [0.15, 0.2) is 48.5 Å². The lowest BCUT2D eigenvalue weighted by atomic mass is 10.2. The van der Waals surface area contributed by atoms with Crippen LogP contribution in [0.5, 0.6) is 11.5 Å². The molecule has 0 radical (unpaired) electrons. The largest absolute Gasteiger partial charge is 0.512 e. The van der Waals surface area contributed by atoms with E-state index in [-0.39, 0.29) is 11.1 Å². The molecule has 11 nitrogen and oxygen atoms in total. The van der Waals surface area contributed by atoms with Crippen LogP contribution in [0.4, 0.5) is 4.79 Å². The smallest absolute Gasteiger partial charge is 0.497 e. The Bertz CT molecular complexity index is 761. The molecule has 0 amide bonds. The molecule has 0 aliphatic heterocycles. The summed E-state index contributed by atoms with van der Waals surface area (Å²) in [6.07, 6.45) is -1.21. The van der Waals surface area contributed by atoms with Gasteiger partial charge in [-0.05, 0) is 48.5 Å². The highest BCUT2D eigenvalue weighted by Crippen LogP contribution is 2.13. The Kier molecular flexibility index (Phi) is 8.90. The fourth-order valence-corrected chi connectivity index (χ4v) is 1.89. The van der Waals surface area contributed by atoms with Gasteiger partial charge >= 0.3 is 18.1 Å². The lowest BCUT2D eigenvalue weighted by Gasteiger charge is -2.07. The second-order valence-corrected chi connectivity index (χ2v) is 5.21. The van der Waals surface area contributed by atoms with Crippen molar-refractivity contribution in [2.45, 2.75) is 0 Å². The maximum absolute atomic E-state index is 11.7. The third-order valence-corrected chi connectivity index (χ3v) is 3.37. The van der Waals surface area contributed by atoms with Gasteiger partial charge < -0.3 is 18.9 Å². The SMILES string of the molecule is COc1ccc(C(=O)OOCOC(=O)OCOOC(=O)c2ccc(OC)cc2)cc1. The fourth-order valence-electron chi connectivity index (χ4n) is 1.89. The Morgan fingerprint density at radius 2 is 1.00 bits per heavy atom. The Morgan fingerprint density at radius 3 is 1.33 bits per heavy atom. The number of methoxy groups -OCH3 is 2. The molecule has 0 atom stereocenters. The zero-order valence-corrected chi connectivity index (χ0v) is 16.0. The van der Waals surface area contributed by atoms with E-state index in [0.717, 1.165) is 0 Å². The van der Waals surface area contributed by atoms with E-state index in [9.17, 15) is 14.4 Å². The number of hydrogen-bond acceptors (Lipinski definition) is 11. The van der Waals surface area contributed by atoms with Crippen molar-refractivity contribution >= 4 is 18.1 Å². The summed E-state index contributed by atoms with van der Waals surface area (Å²) in [7, 11) is 2.98. The van der Waals surface area contributed by atoms with Crippen LogP contribution >= 0.6 is 0 Å². The molecule has 0 fully saturated rings. The van der Waals surface area contributed by atoms with Crippen LogP contribution in [0.1, 0.15) is 20.7 Å². The lowest BCUT2D eigenvalue weighted by molar-refractivity contribution is -0.297. The van der Waals surface area contributed by atoms with E-state index in [4.69, 9.17) is 9.47 Å². The molecule has 0 saturated carbocycles. The van der Waals surface area contributed by atoms with Crippen LogP contribution in [-0.4, -0.2) is 45.9 Å². The number of ether oxygens (including phenoxy) is 4. The Morgan fingerprint density at radius 1 is 0.633 bits per heavy atom. The normalized spacial score (nSPS) is 9.93. The van der Waals surface area contributed by atoms with Crippen molar-refractivity contribution in [1.82, 2.24) is 0 Å². The number of hydrogen-bond donors (Lipinski definition) is 0. The fraction of sp³-hybridized carbons (Fsp3) is 0.211. The quantitative estimate of drug-likeness (QED) is 0.184. The third-order valence-electron chi connectivity index (χ3n) is 3.37. The molecule has 11 heteroatoms. The van der Waals surface area contributed by atoms with Crippen molar-refractivity contribution < 1.29 is 52.9 Å². The first kappa shape index (κ1) is 22.5. The molecule has 0 heterocycles. The van der Waals surface area contributed by atoms with Gasteiger partial charge in [0, 0.05) is 0 Å². The van der Waals surface area contributed by atoms with Gasteiger partial charge in [0.15, 0.2) is 0 Å². The van der Waals surface area contributed by atoms with Gasteiger partial charge in [0.05, 0.1) is 25.3 Å². The van der Waals surface area contributed by atoms with Gasteiger partial charge in [0.2, 0.25) is 13.6 Å². The summed E-state index contributed by atoms with van der Waals surface area (Å²) in [5.74, 6) is -0.474. The van der Waals surface area contributed by atoms with E-state index < -0.39 is 31.7 Å². The average Bonchev–Trinajstić information content (AvgIpc) is 2.79. The molecule has 0 spiro atoms. The van der Waals surface area contributed by atoms with Gasteiger partial charge in [0.25, 0.3) is 0 Å². The van der Waals surface area contributed by atoms with E-state index in [1.165, 1.54) is 38.5 Å². The van der Waals surface area contributed by atoms with E-state index in [1.807, 2.05) is 0 Å². The second kappa shape index (κ2) is 11.9. The van der Waals surface area contributed by atoms with Crippen LogP contribution in [0, 0.1) is 0 Å². The van der Waals surface area contributed by atoms with Crippen LogP contribution in [0.25, 0.3) is 0 Å². The van der Waals surface area contributed by atoms with Gasteiger partial charge in [-0.25, -0.2) is 14.4 Å². The number of carbonyl (C=O) groups excluding carboxylic acids is 3. The lowest BCUT2D eigenvalue weighted by Crippen LogP contribution is -2.15. The topological polar surface area (TPSA) is 125 Å². The molecule has 2 aromatic carbocycles. The third kappa shape index (κ3) is 7.30. The zero-order valence-electron chi connectivity index (χ0n) is 16.0. The summed E-state index contributed by atoms with van der Waals surface area (Å²) in [5.41, 5.74) is 0.399. The molecule has 2 rings (SSSR count). The summed E-state index contributed by atoms with van der Waals surface area (Å²) in [6, 6.07) is 12.1. The van der Waals surface area contributed by atoms with Crippen molar-refractivity contribution in [2.24, 2.45) is 0 Å². The van der Waals surface area contributed by atoms with Crippen LogP contribution in [-0.2, 0) is 29.0 Å². The second-order valence-electron chi connectivity index (χ2n) is 5.21. The average molecular weight is 422 g/mol. The van der Waals surface area contributed by atoms with Crippen LogP contribution in [0.3, 0.4) is 0 Å². The van der Waals surface area contributed by atoms with E-state index in [0.29, 0.717) is 11.5 Å². The van der Waals surface area contributed by atoms with Crippen molar-refractivity contribution in [3.05, 3.63) is 59.7 Å². The Balaban J connectivity index is 1.56. The molecule has 30 heavy (non-hydrogen) atoms. The number of carbonyl (C=O) groups is 3. The first-order chi connectivity index (χ1) is 14.5. The minimum absolute atomic E-state index is 0.199. The van der Waals surface area contributed by atoms with Crippen LogP contribution < -0.4 is 9.47 Å². The van der Waals surface area contributed by atoms with Crippen LogP contribution in [0.2, 0.25) is 0 Å². The molecule has 2 aromatic rings. The highest BCUT2D eigenvalue weighted by atomic mass is 17.2. The van der Waals surface area contributed by atoms with Gasteiger partial charge in [-0.3, -0.25) is 9.78 Å². The van der Waals surface area contributed by atoms with Crippen molar-refractivity contribution in [1.29, 1.82) is 0 Å². The molecule has 0 unspecified atom stereocenters. The summed E-state index contributed by atoms with van der Waals surface area (Å²) >= 11 is 0. The number of benzene rings is 2. The zero-order chi connectivity index (χ0) is 21.8. The predicted octanol–water partition coefficient (Wildman–Crippen LogP) is 2.65. The minimum Gasteiger partial charge on any atom is -0.497 e. The first-order valence-electron chi connectivity index (χ1n) is 8.28. The van der Waals surface area contributed by atoms with Gasteiger partial charge in [0.1, 0.15) is 11.5 Å². The van der Waals surface area contributed by atoms with Gasteiger partial charge in [-0.15, -0.1) is 9.78 Å². The molecule has 0 bridgehead atoms. The van der Waals surface area contributed by atoms with E-state index in [2.05, 4.69) is 29.0 Å². The van der Waals surface area contributed by atoms with E-state index >= 15 is 0 Å². The number of rotatable bonds is 10. The Labute approximate surface area is 170 Å². The molecule has 0 aromatic heterocycles. The molecule has 0 aliphatic carbocycles. The molecular weight excluding hydrogens is 404 g/mol. The molecule has 160 valence electrons. The summed E-state index contributed by atoms with van der Waals surface area (Å²) < 4.78 is 18.9. The van der Waals surface area contributed by atoms with Gasteiger partial charge in [-0.1, -0.05) is 0 Å². The minimum atomic E-state index is -1.21. The van der Waals surface area contributed by atoms with Crippen molar-refractivity contribution in [3.63, 3.8) is 0 Å². The van der Waals surface area contributed by atoms with Gasteiger partial charge in [-0.2, -0.15) is 0 Å². The molecule has 0 aliphatic rings. The van der Waals surface area contributed by atoms with Crippen molar-refractivity contribution in [3.8, 4) is 11.5 Å². The molecular formula is C19H18O11. The molecule has 0 N–H and O–H groups in total. The first-order valence-corrected chi connectivity index (χ1v) is 8.28.